The highest BCUT2D eigenvalue weighted by Gasteiger charge is 2.12. The Morgan fingerprint density at radius 1 is 1.21 bits per heavy atom. The van der Waals surface area contributed by atoms with Gasteiger partial charge in [0.25, 0.3) is 5.56 Å². The molecule has 0 aliphatic carbocycles. The van der Waals surface area contributed by atoms with Gasteiger partial charge in [0.05, 0.1) is 10.9 Å². The molecule has 0 fully saturated rings. The predicted molar refractivity (Wildman–Crippen MR) is 109 cm³/mol. The van der Waals surface area contributed by atoms with Crippen molar-refractivity contribution in [2.75, 3.05) is 6.26 Å². The number of halogens is 1. The highest BCUT2D eigenvalue weighted by Crippen LogP contribution is 2.18. The maximum absolute atomic E-state index is 12.1. The fraction of sp³-hybridized carbons (Fsp3) is 0.316. The molecule has 3 aromatic rings. The first-order chi connectivity index (χ1) is 13.4. The molecular formula is C19H19ClN4O3S. The molecule has 1 N–H and O–H groups in total. The SMILES string of the molecule is CSc1nc(C)c(CCC(=O)OCc2nc3ccc(Cl)cc3c(=O)[nH]2)c(C)n1. The van der Waals surface area contributed by atoms with Crippen LogP contribution in [0.1, 0.15) is 29.2 Å². The number of ether oxygens (including phenoxy) is 1. The molecule has 9 heteroatoms. The molecule has 7 nitrogen and oxygen atoms in total. The molecule has 28 heavy (non-hydrogen) atoms. The van der Waals surface area contributed by atoms with E-state index >= 15 is 0 Å². The summed E-state index contributed by atoms with van der Waals surface area (Å²) in [7, 11) is 0. The van der Waals surface area contributed by atoms with Crippen molar-refractivity contribution in [2.45, 2.75) is 38.5 Å². The molecule has 0 aliphatic rings. The average Bonchev–Trinajstić information content (AvgIpc) is 2.66. The van der Waals surface area contributed by atoms with E-state index < -0.39 is 0 Å². The molecule has 2 heterocycles. The van der Waals surface area contributed by atoms with E-state index in [0.717, 1.165) is 17.0 Å². The number of aryl methyl sites for hydroxylation is 2. The molecule has 0 saturated heterocycles. The Morgan fingerprint density at radius 2 is 1.93 bits per heavy atom. The lowest BCUT2D eigenvalue weighted by Crippen LogP contribution is -2.15. The van der Waals surface area contributed by atoms with Crippen LogP contribution >= 0.6 is 23.4 Å². The molecular weight excluding hydrogens is 400 g/mol. The Labute approximate surface area is 170 Å². The number of thioether (sulfide) groups is 1. The maximum atomic E-state index is 12.1. The molecule has 0 amide bonds. The van der Waals surface area contributed by atoms with Gasteiger partial charge in [0.2, 0.25) is 0 Å². The molecule has 0 spiro atoms. The van der Waals surface area contributed by atoms with Crippen molar-refractivity contribution in [1.82, 2.24) is 19.9 Å². The van der Waals surface area contributed by atoms with Crippen molar-refractivity contribution in [2.24, 2.45) is 0 Å². The Bertz CT molecular complexity index is 1080. The predicted octanol–water partition coefficient (Wildman–Crippen LogP) is 3.38. The molecule has 0 saturated carbocycles. The van der Waals surface area contributed by atoms with Crippen molar-refractivity contribution in [3.05, 3.63) is 56.4 Å². The smallest absolute Gasteiger partial charge is 0.306 e. The number of aromatic amines is 1. The van der Waals surface area contributed by atoms with Gasteiger partial charge in [0.15, 0.2) is 5.16 Å². The molecule has 0 aliphatic heterocycles. The van der Waals surface area contributed by atoms with Crippen molar-refractivity contribution < 1.29 is 9.53 Å². The highest BCUT2D eigenvalue weighted by molar-refractivity contribution is 7.98. The normalized spacial score (nSPS) is 11.0. The molecule has 0 unspecified atom stereocenters. The zero-order chi connectivity index (χ0) is 20.3. The standard InChI is InChI=1S/C19H19ClN4O3S/c1-10-13(11(2)22-19(21-10)28-3)5-7-17(25)27-9-16-23-15-6-4-12(20)8-14(15)18(26)24-16/h4,6,8H,5,7,9H2,1-3H3,(H,23,24,26). The fourth-order valence-corrected chi connectivity index (χ4v) is 3.47. The average molecular weight is 419 g/mol. The molecule has 0 bridgehead atoms. The largest absolute Gasteiger partial charge is 0.458 e. The topological polar surface area (TPSA) is 97.8 Å². The maximum Gasteiger partial charge on any atom is 0.306 e. The summed E-state index contributed by atoms with van der Waals surface area (Å²) in [5.74, 6) is -0.0974. The van der Waals surface area contributed by atoms with Crippen LogP contribution in [0.2, 0.25) is 5.02 Å². The second-order valence-electron chi connectivity index (χ2n) is 6.19. The van der Waals surface area contributed by atoms with Crippen LogP contribution in [0.5, 0.6) is 0 Å². The van der Waals surface area contributed by atoms with Crippen LogP contribution in [0.15, 0.2) is 28.2 Å². The van der Waals surface area contributed by atoms with E-state index in [1.165, 1.54) is 11.8 Å². The van der Waals surface area contributed by atoms with Crippen LogP contribution in [-0.2, 0) is 22.6 Å². The third-order valence-electron chi connectivity index (χ3n) is 4.25. The number of fused-ring (bicyclic) bond motifs is 1. The number of hydrogen-bond donors (Lipinski definition) is 1. The molecule has 3 rings (SSSR count). The van der Waals surface area contributed by atoms with Crippen LogP contribution in [-0.4, -0.2) is 32.2 Å². The quantitative estimate of drug-likeness (QED) is 0.372. The Hall–Kier alpha value is -2.45. The van der Waals surface area contributed by atoms with Crippen molar-refractivity contribution in [3.8, 4) is 0 Å². The number of aromatic nitrogens is 4. The van der Waals surface area contributed by atoms with Gasteiger partial charge in [-0.1, -0.05) is 23.4 Å². The van der Waals surface area contributed by atoms with Gasteiger partial charge in [-0.2, -0.15) is 0 Å². The van der Waals surface area contributed by atoms with E-state index in [1.807, 2.05) is 20.1 Å². The van der Waals surface area contributed by atoms with Gasteiger partial charge >= 0.3 is 5.97 Å². The first-order valence-corrected chi connectivity index (χ1v) is 10.2. The molecule has 1 aromatic carbocycles. The molecule has 146 valence electrons. The van der Waals surface area contributed by atoms with E-state index in [1.54, 1.807) is 18.2 Å². The number of esters is 1. The summed E-state index contributed by atoms with van der Waals surface area (Å²) in [5, 5.41) is 1.57. The summed E-state index contributed by atoms with van der Waals surface area (Å²) in [4.78, 5) is 40.0. The van der Waals surface area contributed by atoms with Crippen molar-refractivity contribution in [1.29, 1.82) is 0 Å². The van der Waals surface area contributed by atoms with E-state index in [4.69, 9.17) is 16.3 Å². The minimum Gasteiger partial charge on any atom is -0.458 e. The van der Waals surface area contributed by atoms with Gasteiger partial charge in [0, 0.05) is 22.8 Å². The zero-order valence-corrected chi connectivity index (χ0v) is 17.3. The lowest BCUT2D eigenvalue weighted by molar-refractivity contribution is -0.145. The van der Waals surface area contributed by atoms with E-state index in [-0.39, 0.29) is 30.4 Å². The van der Waals surface area contributed by atoms with Crippen LogP contribution in [0.25, 0.3) is 10.9 Å². The molecule has 0 radical (unpaired) electrons. The minimum atomic E-state index is -0.383. The number of nitrogens with one attached hydrogen (secondary N) is 1. The third kappa shape index (κ3) is 4.69. The van der Waals surface area contributed by atoms with Gasteiger partial charge in [-0.05, 0) is 50.3 Å². The van der Waals surface area contributed by atoms with E-state index in [0.29, 0.717) is 27.5 Å². The van der Waals surface area contributed by atoms with Gasteiger partial charge in [-0.15, -0.1) is 0 Å². The lowest BCUT2D eigenvalue weighted by atomic mass is 10.1. The first kappa shape index (κ1) is 20.3. The zero-order valence-electron chi connectivity index (χ0n) is 15.7. The van der Waals surface area contributed by atoms with Crippen molar-refractivity contribution >= 4 is 40.2 Å². The van der Waals surface area contributed by atoms with Crippen LogP contribution in [0.4, 0.5) is 0 Å². The summed E-state index contributed by atoms with van der Waals surface area (Å²) < 4.78 is 5.26. The van der Waals surface area contributed by atoms with E-state index in [2.05, 4.69) is 19.9 Å². The third-order valence-corrected chi connectivity index (χ3v) is 5.03. The number of hydrogen-bond acceptors (Lipinski definition) is 7. The summed E-state index contributed by atoms with van der Waals surface area (Å²) in [6, 6.07) is 4.86. The van der Waals surface area contributed by atoms with Crippen LogP contribution in [0, 0.1) is 13.8 Å². The number of nitrogens with zero attached hydrogens (tertiary/aromatic N) is 3. The molecule has 0 atom stereocenters. The summed E-state index contributed by atoms with van der Waals surface area (Å²) in [6.45, 7) is 3.71. The first-order valence-electron chi connectivity index (χ1n) is 8.59. The van der Waals surface area contributed by atoms with Gasteiger partial charge in [-0.3, -0.25) is 9.59 Å². The number of carbonyl (C=O) groups is 1. The summed E-state index contributed by atoms with van der Waals surface area (Å²) >= 11 is 7.38. The second kappa shape index (κ2) is 8.70. The minimum absolute atomic E-state index is 0.105. The van der Waals surface area contributed by atoms with Crippen LogP contribution < -0.4 is 5.56 Å². The van der Waals surface area contributed by atoms with Gasteiger partial charge in [-0.25, -0.2) is 15.0 Å². The highest BCUT2D eigenvalue weighted by atomic mass is 35.5. The van der Waals surface area contributed by atoms with Gasteiger partial charge in [0.1, 0.15) is 12.4 Å². The molecule has 2 aromatic heterocycles. The van der Waals surface area contributed by atoms with Crippen LogP contribution in [0.3, 0.4) is 0 Å². The second-order valence-corrected chi connectivity index (χ2v) is 7.40. The monoisotopic (exact) mass is 418 g/mol. The number of rotatable bonds is 6. The number of benzene rings is 1. The van der Waals surface area contributed by atoms with Crippen molar-refractivity contribution in [3.63, 3.8) is 0 Å². The summed E-state index contributed by atoms with van der Waals surface area (Å²) in [6.07, 6.45) is 2.60. The number of carbonyl (C=O) groups excluding carboxylic acids is 1. The fourth-order valence-electron chi connectivity index (χ4n) is 2.84. The Kier molecular flexibility index (Phi) is 6.31. The summed E-state index contributed by atoms with van der Waals surface area (Å²) in [5.41, 5.74) is 2.85. The Morgan fingerprint density at radius 3 is 2.61 bits per heavy atom. The van der Waals surface area contributed by atoms with Gasteiger partial charge < -0.3 is 9.72 Å². The Balaban J connectivity index is 1.63. The lowest BCUT2D eigenvalue weighted by Gasteiger charge is -2.10. The van der Waals surface area contributed by atoms with E-state index in [9.17, 15) is 9.59 Å². The number of H-pyrrole nitrogens is 1.